The van der Waals surface area contributed by atoms with Crippen LogP contribution in [0.5, 0.6) is 0 Å². The molecule has 2 heterocycles. The highest BCUT2D eigenvalue weighted by Crippen LogP contribution is 2.11. The first-order chi connectivity index (χ1) is 7.88. The molecular weight excluding hydrogens is 206 g/mol. The molecule has 0 aromatic carbocycles. The summed E-state index contributed by atoms with van der Waals surface area (Å²) >= 11 is 0. The fraction of sp³-hybridized carbons (Fsp3) is 0.667. The number of nitrogens with zero attached hydrogens (tertiary/aromatic N) is 1. The summed E-state index contributed by atoms with van der Waals surface area (Å²) in [5, 5.41) is 0. The lowest BCUT2D eigenvalue weighted by molar-refractivity contribution is -0.144. The van der Waals surface area contributed by atoms with E-state index in [0.29, 0.717) is 12.9 Å². The molecule has 2 rings (SSSR count). The summed E-state index contributed by atoms with van der Waals surface area (Å²) in [6, 6.07) is 2.01. The quantitative estimate of drug-likeness (QED) is 0.766. The number of hydrogen-bond donors (Lipinski definition) is 0. The van der Waals surface area contributed by atoms with E-state index in [4.69, 9.17) is 13.9 Å². The summed E-state index contributed by atoms with van der Waals surface area (Å²) in [7, 11) is 0. The zero-order chi connectivity index (χ0) is 11.2. The van der Waals surface area contributed by atoms with Gasteiger partial charge in [0.05, 0.1) is 25.2 Å². The summed E-state index contributed by atoms with van der Waals surface area (Å²) in [5.74, 6) is 0. The van der Waals surface area contributed by atoms with Crippen molar-refractivity contribution in [3.05, 3.63) is 24.2 Å². The van der Waals surface area contributed by atoms with Gasteiger partial charge in [0.2, 0.25) is 0 Å². The monoisotopic (exact) mass is 225 g/mol. The normalized spacial score (nSPS) is 21.5. The smallest absolute Gasteiger partial charge is 0.147 e. The summed E-state index contributed by atoms with van der Waals surface area (Å²) < 4.78 is 15.8. The SMILES string of the molecule is CCN(Cc1ccoc1)C[C@H]1CCOCO1. The lowest BCUT2D eigenvalue weighted by Crippen LogP contribution is -2.36. The van der Waals surface area contributed by atoms with E-state index in [1.54, 1.807) is 12.5 Å². The van der Waals surface area contributed by atoms with Gasteiger partial charge in [0.15, 0.2) is 0 Å². The second-order valence-electron chi connectivity index (χ2n) is 4.06. The molecule has 0 unspecified atom stereocenters. The van der Waals surface area contributed by atoms with Gasteiger partial charge in [-0.1, -0.05) is 6.92 Å². The van der Waals surface area contributed by atoms with Crippen LogP contribution in [0.15, 0.2) is 23.0 Å². The molecule has 0 saturated carbocycles. The first-order valence-corrected chi connectivity index (χ1v) is 5.81. The van der Waals surface area contributed by atoms with Crippen LogP contribution in [-0.2, 0) is 16.0 Å². The number of ether oxygens (including phenoxy) is 2. The third-order valence-electron chi connectivity index (χ3n) is 2.87. The molecule has 0 radical (unpaired) electrons. The Hall–Kier alpha value is -0.840. The van der Waals surface area contributed by atoms with Crippen molar-refractivity contribution in [1.82, 2.24) is 4.90 Å². The van der Waals surface area contributed by atoms with Gasteiger partial charge in [-0.05, 0) is 19.0 Å². The number of likely N-dealkylation sites (N-methyl/N-ethyl adjacent to an activating group) is 1. The van der Waals surface area contributed by atoms with Crippen LogP contribution in [0.3, 0.4) is 0 Å². The molecule has 0 N–H and O–H groups in total. The van der Waals surface area contributed by atoms with E-state index in [0.717, 1.165) is 32.7 Å². The van der Waals surface area contributed by atoms with Gasteiger partial charge < -0.3 is 13.9 Å². The van der Waals surface area contributed by atoms with Crippen molar-refractivity contribution in [2.45, 2.75) is 26.0 Å². The molecule has 1 fully saturated rings. The number of furan rings is 1. The van der Waals surface area contributed by atoms with Crippen molar-refractivity contribution in [1.29, 1.82) is 0 Å². The van der Waals surface area contributed by atoms with Crippen LogP contribution in [0.2, 0.25) is 0 Å². The Balaban J connectivity index is 1.80. The number of hydrogen-bond acceptors (Lipinski definition) is 4. The average Bonchev–Trinajstić information content (AvgIpc) is 2.82. The van der Waals surface area contributed by atoms with E-state index in [-0.39, 0.29) is 0 Å². The fourth-order valence-corrected chi connectivity index (χ4v) is 1.88. The summed E-state index contributed by atoms with van der Waals surface area (Å²) in [4.78, 5) is 2.36. The van der Waals surface area contributed by atoms with Crippen LogP contribution in [0.1, 0.15) is 18.9 Å². The molecule has 1 atom stereocenters. The molecule has 0 amide bonds. The second kappa shape index (κ2) is 6.03. The van der Waals surface area contributed by atoms with Gasteiger partial charge in [-0.25, -0.2) is 0 Å². The van der Waals surface area contributed by atoms with Crippen LogP contribution < -0.4 is 0 Å². The predicted octanol–water partition coefficient (Wildman–Crippen LogP) is 1.86. The van der Waals surface area contributed by atoms with Crippen molar-refractivity contribution in [3.8, 4) is 0 Å². The van der Waals surface area contributed by atoms with Crippen molar-refractivity contribution >= 4 is 0 Å². The molecule has 0 bridgehead atoms. The lowest BCUT2D eigenvalue weighted by Gasteiger charge is -2.28. The molecule has 1 aromatic rings. The minimum atomic E-state index is 0.306. The Morgan fingerprint density at radius 2 is 2.44 bits per heavy atom. The topological polar surface area (TPSA) is 34.8 Å². The lowest BCUT2D eigenvalue weighted by atomic mass is 10.2. The third-order valence-corrected chi connectivity index (χ3v) is 2.87. The molecule has 1 aliphatic rings. The highest BCUT2D eigenvalue weighted by molar-refractivity contribution is 5.04. The van der Waals surface area contributed by atoms with Gasteiger partial charge in [-0.3, -0.25) is 4.90 Å². The van der Waals surface area contributed by atoms with Crippen molar-refractivity contribution in [2.24, 2.45) is 0 Å². The first kappa shape index (κ1) is 11.6. The Morgan fingerprint density at radius 3 is 3.06 bits per heavy atom. The molecule has 90 valence electrons. The highest BCUT2D eigenvalue weighted by atomic mass is 16.7. The molecule has 1 aliphatic heterocycles. The van der Waals surface area contributed by atoms with Crippen LogP contribution >= 0.6 is 0 Å². The van der Waals surface area contributed by atoms with Crippen molar-refractivity contribution in [2.75, 3.05) is 26.5 Å². The summed E-state index contributed by atoms with van der Waals surface area (Å²) in [5.41, 5.74) is 1.22. The molecule has 0 spiro atoms. The van der Waals surface area contributed by atoms with Crippen molar-refractivity contribution in [3.63, 3.8) is 0 Å². The Bertz CT molecular complexity index is 280. The average molecular weight is 225 g/mol. The predicted molar refractivity (Wildman–Crippen MR) is 60.0 cm³/mol. The van der Waals surface area contributed by atoms with Crippen LogP contribution in [-0.4, -0.2) is 37.5 Å². The Kier molecular flexibility index (Phi) is 4.39. The first-order valence-electron chi connectivity index (χ1n) is 5.81. The van der Waals surface area contributed by atoms with E-state index in [2.05, 4.69) is 11.8 Å². The van der Waals surface area contributed by atoms with Gasteiger partial charge in [-0.15, -0.1) is 0 Å². The highest BCUT2D eigenvalue weighted by Gasteiger charge is 2.17. The zero-order valence-corrected chi connectivity index (χ0v) is 9.72. The van der Waals surface area contributed by atoms with Crippen LogP contribution in [0.4, 0.5) is 0 Å². The maximum atomic E-state index is 5.54. The number of rotatable bonds is 5. The molecular formula is C12H19NO3. The van der Waals surface area contributed by atoms with Gasteiger partial charge in [0.1, 0.15) is 6.79 Å². The van der Waals surface area contributed by atoms with E-state index >= 15 is 0 Å². The molecule has 0 aliphatic carbocycles. The molecule has 1 aromatic heterocycles. The molecule has 1 saturated heterocycles. The molecule has 16 heavy (non-hydrogen) atoms. The van der Waals surface area contributed by atoms with E-state index in [1.165, 1.54) is 5.56 Å². The minimum absolute atomic E-state index is 0.306. The molecule has 4 heteroatoms. The summed E-state index contributed by atoms with van der Waals surface area (Å²) in [6.45, 7) is 6.33. The van der Waals surface area contributed by atoms with Gasteiger partial charge in [0, 0.05) is 18.7 Å². The zero-order valence-electron chi connectivity index (χ0n) is 9.72. The standard InChI is InChI=1S/C12H19NO3/c1-2-13(7-11-3-5-14-9-11)8-12-4-6-15-10-16-12/h3,5,9,12H,2,4,6-8,10H2,1H3/t12-/m1/s1. The van der Waals surface area contributed by atoms with E-state index < -0.39 is 0 Å². The minimum Gasteiger partial charge on any atom is -0.472 e. The second-order valence-corrected chi connectivity index (χ2v) is 4.06. The Morgan fingerprint density at radius 1 is 1.50 bits per heavy atom. The maximum absolute atomic E-state index is 5.54. The van der Waals surface area contributed by atoms with Crippen molar-refractivity contribution < 1.29 is 13.9 Å². The van der Waals surface area contributed by atoms with Gasteiger partial charge in [-0.2, -0.15) is 0 Å². The maximum Gasteiger partial charge on any atom is 0.147 e. The van der Waals surface area contributed by atoms with E-state index in [9.17, 15) is 0 Å². The van der Waals surface area contributed by atoms with E-state index in [1.807, 2.05) is 6.07 Å². The van der Waals surface area contributed by atoms with Crippen LogP contribution in [0, 0.1) is 0 Å². The fourth-order valence-electron chi connectivity index (χ4n) is 1.88. The summed E-state index contributed by atoms with van der Waals surface area (Å²) in [6.07, 6.45) is 4.81. The van der Waals surface area contributed by atoms with Crippen LogP contribution in [0.25, 0.3) is 0 Å². The third kappa shape index (κ3) is 3.33. The molecule has 4 nitrogen and oxygen atoms in total. The largest absolute Gasteiger partial charge is 0.472 e. The Labute approximate surface area is 96.1 Å². The van der Waals surface area contributed by atoms with Gasteiger partial charge in [0.25, 0.3) is 0 Å². The van der Waals surface area contributed by atoms with Gasteiger partial charge >= 0.3 is 0 Å².